The van der Waals surface area contributed by atoms with Crippen molar-refractivity contribution in [2.24, 2.45) is 0 Å². The van der Waals surface area contributed by atoms with E-state index in [4.69, 9.17) is 5.11 Å². The number of hydrogen-bond donors (Lipinski definition) is 3. The Hall–Kier alpha value is -1.69. The van der Waals surface area contributed by atoms with Crippen LogP contribution in [0.1, 0.15) is 11.1 Å². The number of aromatic hydroxyl groups is 1. The zero-order chi connectivity index (χ0) is 13.7. The van der Waals surface area contributed by atoms with Crippen LogP contribution < -0.4 is 5.32 Å². The SMILES string of the molecule is Cc1cc(NC(=O)CSCC(=O)O)c(C)cc1O. The van der Waals surface area contributed by atoms with E-state index in [0.717, 1.165) is 17.3 Å². The number of nitrogens with one attached hydrogen (secondary N) is 1. The molecule has 0 aromatic heterocycles. The van der Waals surface area contributed by atoms with Crippen LogP contribution in [0.3, 0.4) is 0 Å². The molecule has 0 aliphatic carbocycles. The molecule has 0 spiro atoms. The number of aryl methyl sites for hydroxylation is 2. The molecule has 0 saturated heterocycles. The normalized spacial score (nSPS) is 10.1. The number of carboxylic acid groups (broad SMARTS) is 1. The standard InChI is InChI=1S/C12H15NO4S/c1-7-4-10(14)8(2)3-9(7)13-11(15)5-18-6-12(16)17/h3-4,14H,5-6H2,1-2H3,(H,13,15)(H,16,17). The van der Waals surface area contributed by atoms with Gasteiger partial charge in [-0.1, -0.05) is 0 Å². The Labute approximate surface area is 109 Å². The number of carboxylic acids is 1. The lowest BCUT2D eigenvalue weighted by molar-refractivity contribution is -0.133. The summed E-state index contributed by atoms with van der Waals surface area (Å²) >= 11 is 1.04. The number of carbonyl (C=O) groups excluding carboxylic acids is 1. The summed E-state index contributed by atoms with van der Waals surface area (Å²) in [5, 5.41) is 20.6. The Morgan fingerprint density at radius 1 is 1.22 bits per heavy atom. The van der Waals surface area contributed by atoms with E-state index in [9.17, 15) is 14.7 Å². The molecule has 1 aromatic carbocycles. The molecule has 0 fully saturated rings. The van der Waals surface area contributed by atoms with Crippen molar-refractivity contribution in [3.8, 4) is 5.75 Å². The Morgan fingerprint density at radius 3 is 2.50 bits per heavy atom. The minimum Gasteiger partial charge on any atom is -0.508 e. The van der Waals surface area contributed by atoms with Crippen LogP contribution in [-0.2, 0) is 9.59 Å². The second-order valence-corrected chi connectivity index (χ2v) is 4.87. The van der Waals surface area contributed by atoms with Gasteiger partial charge in [0.15, 0.2) is 0 Å². The Morgan fingerprint density at radius 2 is 1.89 bits per heavy atom. The molecule has 1 aromatic rings. The average Bonchev–Trinajstić information content (AvgIpc) is 2.25. The highest BCUT2D eigenvalue weighted by atomic mass is 32.2. The number of rotatable bonds is 5. The highest BCUT2D eigenvalue weighted by Crippen LogP contribution is 2.25. The van der Waals surface area contributed by atoms with Crippen LogP contribution in [0, 0.1) is 13.8 Å². The van der Waals surface area contributed by atoms with Gasteiger partial charge in [-0.3, -0.25) is 9.59 Å². The second kappa shape index (κ2) is 6.30. The number of anilines is 1. The van der Waals surface area contributed by atoms with Gasteiger partial charge >= 0.3 is 5.97 Å². The molecular formula is C12H15NO4S. The lowest BCUT2D eigenvalue weighted by Crippen LogP contribution is -2.16. The van der Waals surface area contributed by atoms with Gasteiger partial charge in [0, 0.05) is 5.69 Å². The van der Waals surface area contributed by atoms with E-state index < -0.39 is 5.97 Å². The molecule has 0 heterocycles. The molecule has 6 heteroatoms. The summed E-state index contributed by atoms with van der Waals surface area (Å²) in [7, 11) is 0. The number of phenols is 1. The fourth-order valence-corrected chi connectivity index (χ4v) is 1.89. The van der Waals surface area contributed by atoms with Crippen LogP contribution in [0.4, 0.5) is 5.69 Å². The molecule has 0 atom stereocenters. The summed E-state index contributed by atoms with van der Waals surface area (Å²) in [6.07, 6.45) is 0. The molecule has 18 heavy (non-hydrogen) atoms. The number of benzene rings is 1. The second-order valence-electron chi connectivity index (χ2n) is 3.89. The number of hydrogen-bond acceptors (Lipinski definition) is 4. The van der Waals surface area contributed by atoms with Crippen LogP contribution in [0.15, 0.2) is 12.1 Å². The topological polar surface area (TPSA) is 86.6 Å². The maximum Gasteiger partial charge on any atom is 0.313 e. The van der Waals surface area contributed by atoms with Gasteiger partial charge in [-0.2, -0.15) is 0 Å². The zero-order valence-corrected chi connectivity index (χ0v) is 11.0. The van der Waals surface area contributed by atoms with Gasteiger partial charge < -0.3 is 15.5 Å². The van der Waals surface area contributed by atoms with Gasteiger partial charge in [-0.25, -0.2) is 0 Å². The highest BCUT2D eigenvalue weighted by molar-refractivity contribution is 8.00. The van der Waals surface area contributed by atoms with E-state index in [2.05, 4.69) is 5.32 Å². The fourth-order valence-electron chi connectivity index (χ4n) is 1.35. The van der Waals surface area contributed by atoms with Gasteiger partial charge in [0.2, 0.25) is 5.91 Å². The molecule has 0 bridgehead atoms. The third-order valence-electron chi connectivity index (χ3n) is 2.28. The molecule has 0 radical (unpaired) electrons. The molecule has 1 amide bonds. The zero-order valence-electron chi connectivity index (χ0n) is 10.2. The van der Waals surface area contributed by atoms with Crippen molar-refractivity contribution in [2.75, 3.05) is 16.8 Å². The molecule has 0 saturated carbocycles. The molecule has 0 aliphatic heterocycles. The van der Waals surface area contributed by atoms with Crippen molar-refractivity contribution in [2.45, 2.75) is 13.8 Å². The van der Waals surface area contributed by atoms with Crippen LogP contribution in [0.25, 0.3) is 0 Å². The summed E-state index contributed by atoms with van der Waals surface area (Å²) in [6, 6.07) is 3.26. The van der Waals surface area contributed by atoms with E-state index in [1.807, 2.05) is 0 Å². The summed E-state index contributed by atoms with van der Waals surface area (Å²) in [5.41, 5.74) is 2.06. The van der Waals surface area contributed by atoms with Crippen molar-refractivity contribution >= 4 is 29.3 Å². The van der Waals surface area contributed by atoms with Gasteiger partial charge in [0.25, 0.3) is 0 Å². The molecule has 1 rings (SSSR count). The summed E-state index contributed by atoms with van der Waals surface area (Å²) < 4.78 is 0. The van der Waals surface area contributed by atoms with Gasteiger partial charge in [-0.15, -0.1) is 11.8 Å². The molecule has 0 unspecified atom stereocenters. The van der Waals surface area contributed by atoms with Crippen LogP contribution in [0.5, 0.6) is 5.75 Å². The number of aliphatic carboxylic acids is 1. The minimum absolute atomic E-state index is 0.0890. The molecular weight excluding hydrogens is 254 g/mol. The van der Waals surface area contributed by atoms with E-state index in [0.29, 0.717) is 11.3 Å². The predicted molar refractivity (Wildman–Crippen MR) is 71.2 cm³/mol. The van der Waals surface area contributed by atoms with Crippen molar-refractivity contribution in [1.82, 2.24) is 0 Å². The largest absolute Gasteiger partial charge is 0.508 e. The number of phenolic OH excluding ortho intramolecular Hbond substituents is 1. The lowest BCUT2D eigenvalue weighted by Gasteiger charge is -2.10. The van der Waals surface area contributed by atoms with Gasteiger partial charge in [-0.05, 0) is 37.1 Å². The van der Waals surface area contributed by atoms with Crippen LogP contribution in [0.2, 0.25) is 0 Å². The van der Waals surface area contributed by atoms with Crippen molar-refractivity contribution in [1.29, 1.82) is 0 Å². The maximum absolute atomic E-state index is 11.6. The number of amides is 1. The Balaban J connectivity index is 2.59. The van der Waals surface area contributed by atoms with E-state index >= 15 is 0 Å². The van der Waals surface area contributed by atoms with Gasteiger partial charge in [0.05, 0.1) is 11.5 Å². The fraction of sp³-hybridized carbons (Fsp3) is 0.333. The Bertz CT molecular complexity index is 473. The highest BCUT2D eigenvalue weighted by Gasteiger charge is 2.08. The predicted octanol–water partition coefficient (Wildman–Crippen LogP) is 1.77. The third-order valence-corrected chi connectivity index (χ3v) is 3.19. The first-order chi connectivity index (χ1) is 8.40. The van der Waals surface area contributed by atoms with Crippen molar-refractivity contribution in [3.05, 3.63) is 23.3 Å². The number of thioether (sulfide) groups is 1. The first-order valence-electron chi connectivity index (χ1n) is 5.29. The smallest absolute Gasteiger partial charge is 0.313 e. The summed E-state index contributed by atoms with van der Waals surface area (Å²) in [5.74, 6) is -1.02. The number of carbonyl (C=O) groups is 2. The first kappa shape index (κ1) is 14.4. The quantitative estimate of drug-likeness (QED) is 0.709. The van der Waals surface area contributed by atoms with E-state index in [1.54, 1.807) is 26.0 Å². The van der Waals surface area contributed by atoms with Crippen molar-refractivity contribution in [3.63, 3.8) is 0 Å². The van der Waals surface area contributed by atoms with Crippen LogP contribution in [-0.4, -0.2) is 33.6 Å². The first-order valence-corrected chi connectivity index (χ1v) is 6.45. The lowest BCUT2D eigenvalue weighted by atomic mass is 10.1. The average molecular weight is 269 g/mol. The minimum atomic E-state index is -0.940. The van der Waals surface area contributed by atoms with Crippen LogP contribution >= 0.6 is 11.8 Å². The van der Waals surface area contributed by atoms with E-state index in [1.165, 1.54) is 0 Å². The Kier molecular flexibility index (Phi) is 5.03. The molecule has 5 nitrogen and oxygen atoms in total. The monoisotopic (exact) mass is 269 g/mol. The van der Waals surface area contributed by atoms with Crippen molar-refractivity contribution < 1.29 is 19.8 Å². The summed E-state index contributed by atoms with van der Waals surface area (Å²) in [4.78, 5) is 21.9. The van der Waals surface area contributed by atoms with Gasteiger partial charge in [0.1, 0.15) is 5.75 Å². The third kappa shape index (κ3) is 4.29. The maximum atomic E-state index is 11.6. The molecule has 98 valence electrons. The summed E-state index contributed by atoms with van der Waals surface area (Å²) in [6.45, 7) is 3.52. The van der Waals surface area contributed by atoms with E-state index in [-0.39, 0.29) is 23.2 Å². The molecule has 3 N–H and O–H groups in total. The molecule has 0 aliphatic rings.